The fourth-order valence-electron chi connectivity index (χ4n) is 5.05. The fourth-order valence-corrected chi connectivity index (χ4v) is 7.44. The zero-order valence-corrected chi connectivity index (χ0v) is 28.0. The van der Waals surface area contributed by atoms with Crippen molar-refractivity contribution in [3.63, 3.8) is 0 Å². The lowest BCUT2D eigenvalue weighted by molar-refractivity contribution is 0.0785. The van der Waals surface area contributed by atoms with Gasteiger partial charge >= 0.3 is 0 Å². The van der Waals surface area contributed by atoms with Crippen molar-refractivity contribution in [3.05, 3.63) is 48.8 Å². The van der Waals surface area contributed by atoms with Gasteiger partial charge < -0.3 is 14.4 Å². The number of sulfonamides is 1. The number of benzene rings is 1. The number of anilines is 1. The van der Waals surface area contributed by atoms with E-state index >= 15 is 0 Å². The van der Waals surface area contributed by atoms with Crippen LogP contribution in [0.4, 0.5) is 5.82 Å². The van der Waals surface area contributed by atoms with Crippen LogP contribution < -0.4 is 9.62 Å². The van der Waals surface area contributed by atoms with Crippen molar-refractivity contribution in [1.82, 2.24) is 29.3 Å². The first kappa shape index (κ1) is 31.3. The quantitative estimate of drug-likeness (QED) is 0.196. The Bertz CT molecular complexity index is 1690. The topological polar surface area (TPSA) is 116 Å². The molecule has 0 amide bonds. The van der Waals surface area contributed by atoms with Gasteiger partial charge in [0.1, 0.15) is 12.5 Å². The number of pyridine rings is 1. The molecule has 1 fully saturated rings. The van der Waals surface area contributed by atoms with E-state index in [-0.39, 0.29) is 10.9 Å². The Morgan fingerprint density at radius 2 is 1.88 bits per heavy atom. The molecule has 3 aromatic heterocycles. The van der Waals surface area contributed by atoms with Gasteiger partial charge in [0, 0.05) is 50.0 Å². The minimum atomic E-state index is -3.83. The average molecular weight is 626 g/mol. The summed E-state index contributed by atoms with van der Waals surface area (Å²) in [6.07, 6.45) is 3.60. The lowest BCUT2D eigenvalue weighted by Gasteiger charge is -2.34. The number of nitrogens with zero attached hydrogens (tertiary/aromatic N) is 6. The molecular formula is C30H43N7O4SSi. The van der Waals surface area contributed by atoms with Gasteiger partial charge in [0.25, 0.3) is 0 Å². The van der Waals surface area contributed by atoms with E-state index in [1.165, 1.54) is 0 Å². The largest absolute Gasteiger partial charge is 0.377 e. The number of rotatable bonds is 10. The number of morpholine rings is 1. The van der Waals surface area contributed by atoms with Crippen LogP contribution in [-0.2, 0) is 26.2 Å². The maximum absolute atomic E-state index is 13.6. The smallest absolute Gasteiger partial charge is 0.241 e. The first-order valence-corrected chi connectivity index (χ1v) is 19.9. The van der Waals surface area contributed by atoms with Gasteiger partial charge in [0.2, 0.25) is 10.0 Å². The number of hydrogen-bond acceptors (Lipinski definition) is 8. The molecule has 11 nitrogen and oxygen atoms in total. The average Bonchev–Trinajstić information content (AvgIpc) is 3.56. The Kier molecular flexibility index (Phi) is 8.83. The number of ether oxygens (including phenoxy) is 2. The lowest BCUT2D eigenvalue weighted by atomic mass is 10.0. The second-order valence-corrected chi connectivity index (χ2v) is 20.6. The molecule has 1 aliphatic heterocycles. The highest BCUT2D eigenvalue weighted by Crippen LogP contribution is 2.36. The van der Waals surface area contributed by atoms with E-state index in [1.807, 2.05) is 51.2 Å². The van der Waals surface area contributed by atoms with Crippen LogP contribution in [0.1, 0.15) is 27.7 Å². The summed E-state index contributed by atoms with van der Waals surface area (Å²) in [5, 5.41) is 10.1. The minimum Gasteiger partial charge on any atom is -0.377 e. The van der Waals surface area contributed by atoms with Gasteiger partial charge in [-0.3, -0.25) is 0 Å². The fraction of sp³-hybridized carbons (Fsp3) is 0.500. The molecule has 232 valence electrons. The second-order valence-electron chi connectivity index (χ2n) is 13.4. The van der Waals surface area contributed by atoms with Crippen molar-refractivity contribution < 1.29 is 17.9 Å². The summed E-state index contributed by atoms with van der Waals surface area (Å²) in [5.74, 6) is 1.33. The summed E-state index contributed by atoms with van der Waals surface area (Å²) in [6.45, 7) is 17.5. The van der Waals surface area contributed by atoms with Crippen LogP contribution in [0.2, 0.25) is 25.7 Å². The van der Waals surface area contributed by atoms with Gasteiger partial charge in [-0.1, -0.05) is 37.8 Å². The standard InChI is InChI=1S/C30H43N7O4SSi/c1-22-20-40-15-14-36(22)28-18-24(23-10-8-9-11-26(23)42(38,39)34-30(2,3)4)25-19-31-37(29(25)32-28)27-12-13-35(33-27)21-41-16-17-43(5,6)7/h8-13,18-19,22,34H,14-17,20-21H2,1-7H3. The molecule has 0 radical (unpaired) electrons. The van der Waals surface area contributed by atoms with Crippen LogP contribution in [0.3, 0.4) is 0 Å². The zero-order valence-electron chi connectivity index (χ0n) is 26.2. The predicted octanol–water partition coefficient (Wildman–Crippen LogP) is 4.90. The van der Waals surface area contributed by atoms with Crippen molar-refractivity contribution in [2.45, 2.75) is 76.6 Å². The van der Waals surface area contributed by atoms with Crippen molar-refractivity contribution in [3.8, 4) is 16.9 Å². The first-order valence-electron chi connectivity index (χ1n) is 14.7. The van der Waals surface area contributed by atoms with Crippen LogP contribution in [0, 0.1) is 0 Å². The summed E-state index contributed by atoms with van der Waals surface area (Å²) in [5.41, 5.74) is 1.26. The highest BCUT2D eigenvalue weighted by atomic mass is 32.2. The molecule has 5 rings (SSSR count). The summed E-state index contributed by atoms with van der Waals surface area (Å²) in [7, 11) is -5.02. The van der Waals surface area contributed by atoms with Crippen LogP contribution in [0.15, 0.2) is 53.7 Å². The summed E-state index contributed by atoms with van der Waals surface area (Å²) in [4.78, 5) is 7.46. The number of nitrogens with one attached hydrogen (secondary N) is 1. The van der Waals surface area contributed by atoms with Gasteiger partial charge in [-0.15, -0.1) is 0 Å². The maximum atomic E-state index is 13.6. The third kappa shape index (κ3) is 7.35. The Morgan fingerprint density at radius 3 is 2.60 bits per heavy atom. The molecule has 0 bridgehead atoms. The summed E-state index contributed by atoms with van der Waals surface area (Å²) < 4.78 is 45.1. The normalized spacial score (nSPS) is 16.7. The Balaban J connectivity index is 1.60. The Hall–Kier alpha value is -3.10. The first-order chi connectivity index (χ1) is 20.2. The monoisotopic (exact) mass is 625 g/mol. The van der Waals surface area contributed by atoms with Gasteiger partial charge in [-0.05, 0) is 51.4 Å². The number of fused-ring (bicyclic) bond motifs is 1. The summed E-state index contributed by atoms with van der Waals surface area (Å²) >= 11 is 0. The molecular weight excluding hydrogens is 583 g/mol. The van der Waals surface area contributed by atoms with Gasteiger partial charge in [-0.2, -0.15) is 14.9 Å². The van der Waals surface area contributed by atoms with E-state index in [9.17, 15) is 8.42 Å². The van der Waals surface area contributed by atoms with Gasteiger partial charge in [0.05, 0.1) is 30.3 Å². The summed E-state index contributed by atoms with van der Waals surface area (Å²) in [6, 6.07) is 12.1. The highest BCUT2D eigenvalue weighted by Gasteiger charge is 2.28. The van der Waals surface area contributed by atoms with Crippen LogP contribution in [0.5, 0.6) is 0 Å². The van der Waals surface area contributed by atoms with Crippen LogP contribution in [0.25, 0.3) is 28.0 Å². The molecule has 13 heteroatoms. The van der Waals surface area contributed by atoms with E-state index in [0.717, 1.165) is 22.8 Å². The van der Waals surface area contributed by atoms with E-state index in [0.29, 0.717) is 50.1 Å². The molecule has 1 atom stereocenters. The van der Waals surface area contributed by atoms with Gasteiger partial charge in [0.15, 0.2) is 11.5 Å². The molecule has 1 N–H and O–H groups in total. The van der Waals surface area contributed by atoms with E-state index in [1.54, 1.807) is 27.7 Å². The minimum absolute atomic E-state index is 0.0944. The molecule has 4 aromatic rings. The molecule has 4 heterocycles. The third-order valence-electron chi connectivity index (χ3n) is 7.16. The highest BCUT2D eigenvalue weighted by molar-refractivity contribution is 7.89. The molecule has 0 aliphatic carbocycles. The zero-order chi connectivity index (χ0) is 31.0. The van der Waals surface area contributed by atoms with E-state index in [4.69, 9.17) is 19.6 Å². The lowest BCUT2D eigenvalue weighted by Crippen LogP contribution is -2.44. The molecule has 0 saturated carbocycles. The van der Waals surface area contributed by atoms with E-state index < -0.39 is 23.6 Å². The second kappa shape index (κ2) is 12.1. The SMILES string of the molecule is CC1COCCN1c1cc(-c2ccccc2S(=O)(=O)NC(C)(C)C)c2cnn(-c3ccn(COCC[Si](C)(C)C)n3)c2n1. The molecule has 1 aromatic carbocycles. The Labute approximate surface area is 255 Å². The van der Waals surface area contributed by atoms with Gasteiger partial charge in [-0.25, -0.2) is 22.8 Å². The Morgan fingerprint density at radius 1 is 1.12 bits per heavy atom. The number of aromatic nitrogens is 5. The molecule has 43 heavy (non-hydrogen) atoms. The molecule has 0 spiro atoms. The molecule has 1 saturated heterocycles. The van der Waals surface area contributed by atoms with Crippen molar-refractivity contribution in [2.75, 3.05) is 31.3 Å². The number of hydrogen-bond donors (Lipinski definition) is 1. The van der Waals surface area contributed by atoms with Crippen molar-refractivity contribution in [2.24, 2.45) is 0 Å². The maximum Gasteiger partial charge on any atom is 0.241 e. The van der Waals surface area contributed by atoms with Crippen LogP contribution >= 0.6 is 0 Å². The van der Waals surface area contributed by atoms with Crippen molar-refractivity contribution in [1.29, 1.82) is 0 Å². The van der Waals surface area contributed by atoms with E-state index in [2.05, 4.69) is 41.3 Å². The van der Waals surface area contributed by atoms with Crippen molar-refractivity contribution >= 4 is 34.9 Å². The third-order valence-corrected chi connectivity index (χ3v) is 10.7. The van der Waals surface area contributed by atoms with Crippen LogP contribution in [-0.4, -0.2) is 79.0 Å². The molecule has 1 aliphatic rings. The predicted molar refractivity (Wildman–Crippen MR) is 172 cm³/mol. The molecule has 1 unspecified atom stereocenters.